The Morgan fingerprint density at radius 1 is 1.39 bits per heavy atom. The molecule has 0 unspecified atom stereocenters. The highest BCUT2D eigenvalue weighted by atomic mass is 19.1. The fourth-order valence-electron chi connectivity index (χ4n) is 1.68. The maximum atomic E-state index is 13.2. The van der Waals surface area contributed by atoms with E-state index in [1.807, 2.05) is 6.92 Å². The Labute approximate surface area is 103 Å². The molecular weight excluding hydrogens is 235 g/mol. The van der Waals surface area contributed by atoms with E-state index in [2.05, 4.69) is 9.97 Å². The van der Waals surface area contributed by atoms with Crippen LogP contribution in [0.5, 0.6) is 5.75 Å². The molecule has 0 aliphatic carbocycles. The van der Waals surface area contributed by atoms with Crippen LogP contribution in [0.3, 0.4) is 0 Å². The lowest BCUT2D eigenvalue weighted by Crippen LogP contribution is -2.10. The average Bonchev–Trinajstić information content (AvgIpc) is 2.32. The third-order valence-electron chi connectivity index (χ3n) is 2.52. The van der Waals surface area contributed by atoms with Gasteiger partial charge in [0.25, 0.3) is 5.56 Å². The third kappa shape index (κ3) is 2.56. The summed E-state index contributed by atoms with van der Waals surface area (Å²) in [5.74, 6) is -0.855. The Morgan fingerprint density at radius 2 is 2.17 bits per heavy atom. The van der Waals surface area contributed by atoms with E-state index in [4.69, 9.17) is 5.11 Å². The summed E-state index contributed by atoms with van der Waals surface area (Å²) >= 11 is 0. The van der Waals surface area contributed by atoms with Crippen molar-refractivity contribution in [3.05, 3.63) is 46.1 Å². The van der Waals surface area contributed by atoms with Crippen molar-refractivity contribution in [2.24, 2.45) is 0 Å². The molecule has 0 atom stereocenters. The topological polar surface area (TPSA) is 66.0 Å². The minimum Gasteiger partial charge on any atom is -0.505 e. The van der Waals surface area contributed by atoms with Crippen molar-refractivity contribution in [2.45, 2.75) is 19.8 Å². The number of aromatic nitrogens is 2. The summed E-state index contributed by atoms with van der Waals surface area (Å²) in [6.45, 7) is 1.99. The molecule has 0 radical (unpaired) electrons. The maximum Gasteiger partial charge on any atom is 0.251 e. The normalized spacial score (nSPS) is 10.6. The van der Waals surface area contributed by atoms with Crippen LogP contribution in [0.1, 0.15) is 19.0 Å². The molecule has 18 heavy (non-hydrogen) atoms. The third-order valence-corrected chi connectivity index (χ3v) is 2.52. The summed E-state index contributed by atoms with van der Waals surface area (Å²) in [7, 11) is 0. The first-order valence-corrected chi connectivity index (χ1v) is 5.69. The number of hydrogen-bond donors (Lipinski definition) is 2. The van der Waals surface area contributed by atoms with Crippen molar-refractivity contribution >= 4 is 0 Å². The van der Waals surface area contributed by atoms with Crippen molar-refractivity contribution in [1.82, 2.24) is 9.97 Å². The lowest BCUT2D eigenvalue weighted by Gasteiger charge is -2.04. The van der Waals surface area contributed by atoms with E-state index in [1.54, 1.807) is 0 Å². The summed E-state index contributed by atoms with van der Waals surface area (Å²) in [4.78, 5) is 18.3. The zero-order chi connectivity index (χ0) is 13.1. The Balaban J connectivity index is 2.49. The van der Waals surface area contributed by atoms with E-state index in [0.29, 0.717) is 23.5 Å². The summed E-state index contributed by atoms with van der Waals surface area (Å²) in [6.07, 6.45) is 1.57. The van der Waals surface area contributed by atoms with Gasteiger partial charge in [-0.3, -0.25) is 4.79 Å². The molecule has 0 aliphatic heterocycles. The fraction of sp³-hybridized carbons (Fsp3) is 0.231. The molecule has 4 nitrogen and oxygen atoms in total. The summed E-state index contributed by atoms with van der Waals surface area (Å²) < 4.78 is 13.2. The molecule has 1 heterocycles. The van der Waals surface area contributed by atoms with E-state index >= 15 is 0 Å². The number of halogens is 1. The van der Waals surface area contributed by atoms with Gasteiger partial charge in [0.2, 0.25) is 0 Å². The number of aromatic hydroxyl groups is 1. The van der Waals surface area contributed by atoms with Gasteiger partial charge in [0, 0.05) is 17.3 Å². The number of hydrogen-bond acceptors (Lipinski definition) is 3. The zero-order valence-corrected chi connectivity index (χ0v) is 9.90. The van der Waals surface area contributed by atoms with Crippen molar-refractivity contribution in [3.8, 4) is 17.1 Å². The van der Waals surface area contributed by atoms with E-state index in [9.17, 15) is 9.18 Å². The first-order valence-electron chi connectivity index (χ1n) is 5.69. The van der Waals surface area contributed by atoms with Crippen LogP contribution < -0.4 is 5.56 Å². The monoisotopic (exact) mass is 248 g/mol. The van der Waals surface area contributed by atoms with Crippen LogP contribution in [0.15, 0.2) is 29.1 Å². The van der Waals surface area contributed by atoms with E-state index < -0.39 is 11.6 Å². The highest BCUT2D eigenvalue weighted by molar-refractivity contribution is 5.56. The van der Waals surface area contributed by atoms with Gasteiger partial charge in [-0.1, -0.05) is 13.3 Å². The molecule has 2 rings (SSSR count). The molecule has 2 aromatic rings. The summed E-state index contributed by atoms with van der Waals surface area (Å²) in [5.41, 5.74) is 0.835. The summed E-state index contributed by atoms with van der Waals surface area (Å²) in [5, 5.41) is 9.12. The Hall–Kier alpha value is -2.17. The van der Waals surface area contributed by atoms with Gasteiger partial charge in [-0.2, -0.15) is 0 Å². The second-order valence-electron chi connectivity index (χ2n) is 4.00. The molecular formula is C13H13FN2O2. The SMILES string of the molecule is CCCc1cc(=O)[nH]c(-c2ccc(O)c(F)c2)n1. The number of nitrogens with zero attached hydrogens (tertiary/aromatic N) is 1. The molecule has 0 spiro atoms. The first kappa shape index (κ1) is 12.3. The van der Waals surface area contributed by atoms with Gasteiger partial charge >= 0.3 is 0 Å². The Morgan fingerprint density at radius 3 is 2.83 bits per heavy atom. The number of rotatable bonds is 3. The second kappa shape index (κ2) is 5.00. The molecule has 0 aliphatic rings. The molecule has 0 amide bonds. The molecule has 94 valence electrons. The zero-order valence-electron chi connectivity index (χ0n) is 9.90. The molecule has 0 saturated carbocycles. The number of nitrogens with one attached hydrogen (secondary N) is 1. The van der Waals surface area contributed by atoms with Gasteiger partial charge in [-0.15, -0.1) is 0 Å². The van der Waals surface area contributed by atoms with Gasteiger partial charge in [0.05, 0.1) is 0 Å². The number of benzene rings is 1. The first-order chi connectivity index (χ1) is 8.60. The lowest BCUT2D eigenvalue weighted by molar-refractivity contribution is 0.432. The van der Waals surface area contributed by atoms with Gasteiger partial charge in [0.1, 0.15) is 5.82 Å². The molecule has 0 bridgehead atoms. The van der Waals surface area contributed by atoms with Crippen molar-refractivity contribution in [3.63, 3.8) is 0 Å². The Bertz CT molecular complexity index is 623. The van der Waals surface area contributed by atoms with Crippen molar-refractivity contribution < 1.29 is 9.50 Å². The second-order valence-corrected chi connectivity index (χ2v) is 4.00. The molecule has 0 saturated heterocycles. The van der Waals surface area contributed by atoms with Crippen LogP contribution in [0.4, 0.5) is 4.39 Å². The predicted octanol–water partition coefficient (Wildman–Crippen LogP) is 2.23. The standard InChI is InChI=1S/C13H13FN2O2/c1-2-3-9-7-12(18)16-13(15-9)8-4-5-11(17)10(14)6-8/h4-7,17H,2-3H2,1H3,(H,15,16,18). The quantitative estimate of drug-likeness (QED) is 0.875. The van der Waals surface area contributed by atoms with Crippen LogP contribution in [0.25, 0.3) is 11.4 Å². The van der Waals surface area contributed by atoms with Gasteiger partial charge in [0.15, 0.2) is 11.6 Å². The molecule has 0 fully saturated rings. The van der Waals surface area contributed by atoms with Crippen LogP contribution in [-0.4, -0.2) is 15.1 Å². The van der Waals surface area contributed by atoms with Crippen LogP contribution in [-0.2, 0) is 6.42 Å². The maximum absolute atomic E-state index is 13.2. The van der Waals surface area contributed by atoms with Gasteiger partial charge < -0.3 is 10.1 Å². The van der Waals surface area contributed by atoms with Crippen LogP contribution >= 0.6 is 0 Å². The highest BCUT2D eigenvalue weighted by Crippen LogP contribution is 2.21. The number of H-pyrrole nitrogens is 1. The van der Waals surface area contributed by atoms with Gasteiger partial charge in [-0.25, -0.2) is 9.37 Å². The van der Waals surface area contributed by atoms with E-state index in [0.717, 1.165) is 12.5 Å². The van der Waals surface area contributed by atoms with Crippen LogP contribution in [0, 0.1) is 5.82 Å². The molecule has 2 N–H and O–H groups in total. The highest BCUT2D eigenvalue weighted by Gasteiger charge is 2.07. The van der Waals surface area contributed by atoms with E-state index in [-0.39, 0.29) is 5.56 Å². The van der Waals surface area contributed by atoms with Crippen LogP contribution in [0.2, 0.25) is 0 Å². The molecule has 1 aromatic carbocycles. The average molecular weight is 248 g/mol. The predicted molar refractivity (Wildman–Crippen MR) is 65.9 cm³/mol. The molecule has 1 aromatic heterocycles. The number of phenolic OH excluding ortho intramolecular Hbond substituents is 1. The van der Waals surface area contributed by atoms with Crippen molar-refractivity contribution in [2.75, 3.05) is 0 Å². The number of aromatic amines is 1. The summed E-state index contributed by atoms with van der Waals surface area (Å²) in [6, 6.07) is 5.32. The fourth-order valence-corrected chi connectivity index (χ4v) is 1.68. The van der Waals surface area contributed by atoms with E-state index in [1.165, 1.54) is 18.2 Å². The Kier molecular flexibility index (Phi) is 3.41. The largest absolute Gasteiger partial charge is 0.505 e. The number of phenols is 1. The minimum absolute atomic E-state index is 0.267. The lowest BCUT2D eigenvalue weighted by atomic mass is 10.2. The minimum atomic E-state index is -0.740. The molecule has 5 heteroatoms. The smallest absolute Gasteiger partial charge is 0.251 e. The van der Waals surface area contributed by atoms with Crippen molar-refractivity contribution in [1.29, 1.82) is 0 Å². The number of aryl methyl sites for hydroxylation is 1. The van der Waals surface area contributed by atoms with Gasteiger partial charge in [-0.05, 0) is 24.6 Å².